The van der Waals surface area contributed by atoms with Gasteiger partial charge < -0.3 is 10.3 Å². The maximum atomic E-state index is 12.5. The lowest BCUT2D eigenvalue weighted by Crippen LogP contribution is -2.38. The Hall–Kier alpha value is -2.07. The summed E-state index contributed by atoms with van der Waals surface area (Å²) in [6, 6.07) is 14.2. The molecule has 1 unspecified atom stereocenters. The van der Waals surface area contributed by atoms with Gasteiger partial charge in [-0.25, -0.2) is 0 Å². The second-order valence-electron chi connectivity index (χ2n) is 6.55. The summed E-state index contributed by atoms with van der Waals surface area (Å²) in [5, 5.41) is 4.50. The molecule has 0 aliphatic heterocycles. The summed E-state index contributed by atoms with van der Waals surface area (Å²) in [6.45, 7) is 2.12. The molecule has 0 saturated carbocycles. The third-order valence-corrected chi connectivity index (χ3v) is 5.31. The average molecular weight is 383 g/mol. The molecule has 0 fully saturated rings. The highest BCUT2D eigenvalue weighted by Crippen LogP contribution is 2.30. The van der Waals surface area contributed by atoms with Crippen molar-refractivity contribution in [1.82, 2.24) is 10.3 Å². The summed E-state index contributed by atoms with van der Waals surface area (Å²) in [7, 11) is 0. The largest absolute Gasteiger partial charge is 0.358 e. The maximum Gasteiger partial charge on any atom is 0.251 e. The van der Waals surface area contributed by atoms with E-state index in [9.17, 15) is 4.79 Å². The Morgan fingerprint density at radius 2 is 2.00 bits per heavy atom. The summed E-state index contributed by atoms with van der Waals surface area (Å²) in [4.78, 5) is 16.0. The zero-order chi connectivity index (χ0) is 16.7. The van der Waals surface area contributed by atoms with Crippen LogP contribution in [0.25, 0.3) is 10.9 Å². The molecular formula is C20H19BrN2O. The minimum absolute atomic E-state index is 0.00646. The highest BCUT2D eigenvalue weighted by atomic mass is 79.9. The molecule has 0 bridgehead atoms. The van der Waals surface area contributed by atoms with E-state index < -0.39 is 0 Å². The Morgan fingerprint density at radius 3 is 2.79 bits per heavy atom. The summed E-state index contributed by atoms with van der Waals surface area (Å²) in [6.07, 6.45) is 2.84. The van der Waals surface area contributed by atoms with Crippen molar-refractivity contribution < 1.29 is 4.79 Å². The Morgan fingerprint density at radius 1 is 1.21 bits per heavy atom. The van der Waals surface area contributed by atoms with Gasteiger partial charge >= 0.3 is 0 Å². The van der Waals surface area contributed by atoms with Crippen LogP contribution in [0.4, 0.5) is 0 Å². The smallest absolute Gasteiger partial charge is 0.251 e. The van der Waals surface area contributed by atoms with E-state index >= 15 is 0 Å². The van der Waals surface area contributed by atoms with Gasteiger partial charge in [-0.2, -0.15) is 0 Å². The Labute approximate surface area is 149 Å². The lowest BCUT2D eigenvalue weighted by Gasteiger charge is -2.23. The summed E-state index contributed by atoms with van der Waals surface area (Å²) >= 11 is 3.40. The first kappa shape index (κ1) is 15.5. The molecule has 4 rings (SSSR count). The molecule has 1 amide bonds. The molecule has 2 aromatic carbocycles. The quantitative estimate of drug-likeness (QED) is 0.671. The van der Waals surface area contributed by atoms with E-state index in [0.29, 0.717) is 5.56 Å². The molecule has 24 heavy (non-hydrogen) atoms. The predicted molar refractivity (Wildman–Crippen MR) is 100 cm³/mol. The SMILES string of the molecule is Cc1ccc2[nH]c3c(c2c1)CC(NC(=O)c1ccc(Br)cc1)CC3. The predicted octanol–water partition coefficient (Wildman–Crippen LogP) is 4.53. The molecule has 1 heterocycles. The second-order valence-corrected chi connectivity index (χ2v) is 7.47. The molecule has 4 heteroatoms. The minimum atomic E-state index is 0.00646. The number of halogens is 1. The molecule has 1 aliphatic carbocycles. The molecule has 0 saturated heterocycles. The maximum absolute atomic E-state index is 12.5. The fourth-order valence-electron chi connectivity index (χ4n) is 3.52. The van der Waals surface area contributed by atoms with E-state index in [0.717, 1.165) is 23.7 Å². The molecule has 1 atom stereocenters. The molecule has 3 aromatic rings. The topological polar surface area (TPSA) is 44.9 Å². The third-order valence-electron chi connectivity index (χ3n) is 4.78. The van der Waals surface area contributed by atoms with Gasteiger partial charge in [0.15, 0.2) is 0 Å². The number of aromatic amines is 1. The van der Waals surface area contributed by atoms with Gasteiger partial charge in [0.05, 0.1) is 0 Å². The van der Waals surface area contributed by atoms with Crippen molar-refractivity contribution in [3.63, 3.8) is 0 Å². The molecule has 2 N–H and O–H groups in total. The highest BCUT2D eigenvalue weighted by Gasteiger charge is 2.24. The van der Waals surface area contributed by atoms with Crippen molar-refractivity contribution >= 4 is 32.7 Å². The summed E-state index contributed by atoms with van der Waals surface area (Å²) in [5.74, 6) is 0.00646. The molecular weight excluding hydrogens is 364 g/mol. The number of amides is 1. The minimum Gasteiger partial charge on any atom is -0.358 e. The van der Waals surface area contributed by atoms with Gasteiger partial charge in [-0.1, -0.05) is 27.6 Å². The van der Waals surface area contributed by atoms with Gasteiger partial charge in [0.1, 0.15) is 0 Å². The van der Waals surface area contributed by atoms with E-state index in [1.54, 1.807) is 0 Å². The number of H-pyrrole nitrogens is 1. The number of nitrogens with one attached hydrogen (secondary N) is 2. The van der Waals surface area contributed by atoms with Crippen LogP contribution in [0.1, 0.15) is 33.6 Å². The van der Waals surface area contributed by atoms with Crippen LogP contribution >= 0.6 is 15.9 Å². The standard InChI is InChI=1S/C20H19BrN2O/c1-12-2-8-18-16(10-12)17-11-15(7-9-19(17)23-18)22-20(24)13-3-5-14(21)6-4-13/h2-6,8,10,15,23H,7,9,11H2,1H3,(H,22,24). The number of carbonyl (C=O) groups excluding carboxylic acids is 1. The normalized spacial score (nSPS) is 16.8. The van der Waals surface area contributed by atoms with E-state index in [-0.39, 0.29) is 11.9 Å². The molecule has 0 radical (unpaired) electrons. The van der Waals surface area contributed by atoms with Gasteiger partial charge in [-0.15, -0.1) is 0 Å². The number of hydrogen-bond donors (Lipinski definition) is 2. The lowest BCUT2D eigenvalue weighted by molar-refractivity contribution is 0.0933. The van der Waals surface area contributed by atoms with Crippen LogP contribution in [-0.4, -0.2) is 16.9 Å². The van der Waals surface area contributed by atoms with Crippen molar-refractivity contribution in [2.75, 3.05) is 0 Å². The van der Waals surface area contributed by atoms with Crippen molar-refractivity contribution in [2.24, 2.45) is 0 Å². The van der Waals surface area contributed by atoms with E-state index in [4.69, 9.17) is 0 Å². The number of rotatable bonds is 2. The van der Waals surface area contributed by atoms with Crippen LogP contribution < -0.4 is 5.32 Å². The average Bonchev–Trinajstić information content (AvgIpc) is 2.93. The number of benzene rings is 2. The van der Waals surface area contributed by atoms with Gasteiger partial charge in [-0.05, 0) is 68.1 Å². The fraction of sp³-hybridized carbons (Fsp3) is 0.250. The summed E-state index contributed by atoms with van der Waals surface area (Å²) < 4.78 is 0.982. The molecule has 3 nitrogen and oxygen atoms in total. The fourth-order valence-corrected chi connectivity index (χ4v) is 3.79. The number of aromatic nitrogens is 1. The van der Waals surface area contributed by atoms with Crippen LogP contribution in [0.2, 0.25) is 0 Å². The van der Waals surface area contributed by atoms with E-state index in [2.05, 4.69) is 51.4 Å². The van der Waals surface area contributed by atoms with Crippen molar-refractivity contribution in [3.05, 3.63) is 69.3 Å². The van der Waals surface area contributed by atoms with Crippen molar-refractivity contribution in [1.29, 1.82) is 0 Å². The van der Waals surface area contributed by atoms with Crippen LogP contribution in [0.15, 0.2) is 46.9 Å². The summed E-state index contributed by atoms with van der Waals surface area (Å²) in [5.41, 5.74) is 5.86. The van der Waals surface area contributed by atoms with Crippen LogP contribution in [0.5, 0.6) is 0 Å². The van der Waals surface area contributed by atoms with Gasteiger partial charge in [0, 0.05) is 32.7 Å². The van der Waals surface area contributed by atoms with Crippen LogP contribution in [0, 0.1) is 6.92 Å². The van der Waals surface area contributed by atoms with Crippen molar-refractivity contribution in [3.8, 4) is 0 Å². The van der Waals surface area contributed by atoms with Crippen LogP contribution in [-0.2, 0) is 12.8 Å². The number of fused-ring (bicyclic) bond motifs is 3. The van der Waals surface area contributed by atoms with Gasteiger partial charge in [0.25, 0.3) is 5.91 Å². The zero-order valence-electron chi connectivity index (χ0n) is 13.5. The van der Waals surface area contributed by atoms with E-state index in [1.807, 2.05) is 24.3 Å². The Balaban J connectivity index is 1.55. The first-order valence-corrected chi connectivity index (χ1v) is 9.06. The first-order chi connectivity index (χ1) is 11.6. The van der Waals surface area contributed by atoms with Gasteiger partial charge in [0.2, 0.25) is 0 Å². The number of aryl methyl sites for hydroxylation is 2. The Kier molecular flexibility index (Phi) is 3.93. The number of hydrogen-bond acceptors (Lipinski definition) is 1. The van der Waals surface area contributed by atoms with Crippen LogP contribution in [0.3, 0.4) is 0 Å². The second kappa shape index (κ2) is 6.10. The number of carbonyl (C=O) groups is 1. The zero-order valence-corrected chi connectivity index (χ0v) is 15.1. The molecule has 1 aliphatic rings. The monoisotopic (exact) mass is 382 g/mol. The highest BCUT2D eigenvalue weighted by molar-refractivity contribution is 9.10. The lowest BCUT2D eigenvalue weighted by atomic mass is 9.91. The first-order valence-electron chi connectivity index (χ1n) is 8.26. The van der Waals surface area contributed by atoms with E-state index in [1.165, 1.54) is 27.7 Å². The molecule has 1 aromatic heterocycles. The van der Waals surface area contributed by atoms with Gasteiger partial charge in [-0.3, -0.25) is 4.79 Å². The molecule has 0 spiro atoms. The molecule has 122 valence electrons. The van der Waals surface area contributed by atoms with Crippen molar-refractivity contribution in [2.45, 2.75) is 32.2 Å². The third kappa shape index (κ3) is 2.86. The Bertz CT molecular complexity index is 911.